The molecule has 0 amide bonds. The largest absolute Gasteiger partial charge is 0.573 e. The van der Waals surface area contributed by atoms with Gasteiger partial charge in [0, 0.05) is 11.5 Å². The quantitative estimate of drug-likeness (QED) is 0.314. The minimum atomic E-state index is -4.93. The van der Waals surface area contributed by atoms with Crippen molar-refractivity contribution < 1.29 is 22.3 Å². The summed E-state index contributed by atoms with van der Waals surface area (Å²) < 4.78 is 54.8. The standard InChI is InChI=1S/C26H22F4O/c1-2-5-18-10-13-22-20-7-4-3-6-19(20)11-14-23(22)21(18)12-8-17-9-15-25(24(27)16-17)31-26(28,29)30/h3-4,6-7,9,11,14-16,18,21H,2,5,10,13H2,1H3/t18-,21+/m1/s1. The lowest BCUT2D eigenvalue weighted by Crippen LogP contribution is -2.20. The van der Waals surface area contributed by atoms with Gasteiger partial charge in [0.25, 0.3) is 0 Å². The lowest BCUT2D eigenvalue weighted by Gasteiger charge is -2.31. The van der Waals surface area contributed by atoms with Crippen LogP contribution in [-0.2, 0) is 6.42 Å². The van der Waals surface area contributed by atoms with Gasteiger partial charge in [-0.1, -0.05) is 61.6 Å². The highest BCUT2D eigenvalue weighted by Crippen LogP contribution is 2.41. The molecule has 160 valence electrons. The van der Waals surface area contributed by atoms with Crippen LogP contribution in [0.4, 0.5) is 17.6 Å². The first-order chi connectivity index (χ1) is 14.9. The van der Waals surface area contributed by atoms with Crippen LogP contribution >= 0.6 is 0 Å². The first kappa shape index (κ1) is 21.2. The van der Waals surface area contributed by atoms with E-state index in [0.29, 0.717) is 11.5 Å². The van der Waals surface area contributed by atoms with E-state index in [4.69, 9.17) is 0 Å². The summed E-state index contributed by atoms with van der Waals surface area (Å²) in [7, 11) is 0. The van der Waals surface area contributed by atoms with Crippen molar-refractivity contribution in [2.45, 2.75) is 44.9 Å². The third-order valence-electron chi connectivity index (χ3n) is 5.84. The maximum atomic E-state index is 14.1. The van der Waals surface area contributed by atoms with Crippen molar-refractivity contribution in [2.24, 2.45) is 5.92 Å². The monoisotopic (exact) mass is 426 g/mol. The molecule has 0 saturated heterocycles. The summed E-state index contributed by atoms with van der Waals surface area (Å²) in [6.07, 6.45) is -0.823. The smallest absolute Gasteiger partial charge is 0.403 e. The number of benzene rings is 3. The fourth-order valence-corrected chi connectivity index (χ4v) is 4.50. The second kappa shape index (κ2) is 8.63. The Labute approximate surface area is 179 Å². The first-order valence-corrected chi connectivity index (χ1v) is 10.4. The normalized spacial score (nSPS) is 18.2. The van der Waals surface area contributed by atoms with E-state index in [1.165, 1.54) is 28.0 Å². The predicted octanol–water partition coefficient (Wildman–Crippen LogP) is 7.38. The number of fused-ring (bicyclic) bond motifs is 3. The summed E-state index contributed by atoms with van der Waals surface area (Å²) in [4.78, 5) is 0. The van der Waals surface area contributed by atoms with Gasteiger partial charge in [-0.3, -0.25) is 0 Å². The zero-order chi connectivity index (χ0) is 22.0. The van der Waals surface area contributed by atoms with Crippen LogP contribution < -0.4 is 4.74 Å². The molecule has 3 aromatic carbocycles. The Hall–Kier alpha value is -3.00. The van der Waals surface area contributed by atoms with E-state index < -0.39 is 17.9 Å². The highest BCUT2D eigenvalue weighted by atomic mass is 19.4. The summed E-state index contributed by atoms with van der Waals surface area (Å²) in [6.45, 7) is 2.15. The lowest BCUT2D eigenvalue weighted by molar-refractivity contribution is -0.275. The van der Waals surface area contributed by atoms with E-state index in [2.05, 4.69) is 47.8 Å². The topological polar surface area (TPSA) is 9.23 Å². The molecule has 0 saturated carbocycles. The molecular formula is C26H22F4O. The Kier molecular flexibility index (Phi) is 5.91. The van der Waals surface area contributed by atoms with Crippen molar-refractivity contribution in [3.63, 3.8) is 0 Å². The van der Waals surface area contributed by atoms with Gasteiger partial charge in [0.15, 0.2) is 11.6 Å². The summed E-state index contributed by atoms with van der Waals surface area (Å²) >= 11 is 0. The maximum absolute atomic E-state index is 14.1. The maximum Gasteiger partial charge on any atom is 0.573 e. The van der Waals surface area contributed by atoms with Crippen LogP contribution in [0.2, 0.25) is 0 Å². The van der Waals surface area contributed by atoms with Crippen LogP contribution in [0.3, 0.4) is 0 Å². The average Bonchev–Trinajstić information content (AvgIpc) is 2.73. The van der Waals surface area contributed by atoms with Gasteiger partial charge < -0.3 is 4.74 Å². The number of ether oxygens (including phenoxy) is 1. The van der Waals surface area contributed by atoms with Crippen LogP contribution in [-0.4, -0.2) is 6.36 Å². The first-order valence-electron chi connectivity index (χ1n) is 10.4. The molecule has 1 aliphatic carbocycles. The Morgan fingerprint density at radius 2 is 1.87 bits per heavy atom. The van der Waals surface area contributed by atoms with E-state index in [9.17, 15) is 17.6 Å². The molecule has 1 aliphatic rings. The lowest BCUT2D eigenvalue weighted by atomic mass is 9.72. The summed E-state index contributed by atoms with van der Waals surface area (Å²) in [5.74, 6) is 4.77. The fourth-order valence-electron chi connectivity index (χ4n) is 4.50. The minimum Gasteiger partial charge on any atom is -0.403 e. The molecule has 0 bridgehead atoms. The van der Waals surface area contributed by atoms with E-state index in [1.807, 2.05) is 12.1 Å². The van der Waals surface area contributed by atoms with Gasteiger partial charge in [-0.2, -0.15) is 0 Å². The van der Waals surface area contributed by atoms with E-state index in [-0.39, 0.29) is 5.92 Å². The zero-order valence-electron chi connectivity index (χ0n) is 17.1. The molecular weight excluding hydrogens is 404 g/mol. The van der Waals surface area contributed by atoms with Crippen LogP contribution in [0.25, 0.3) is 10.8 Å². The number of hydrogen-bond acceptors (Lipinski definition) is 1. The summed E-state index contributed by atoms with van der Waals surface area (Å²) in [5, 5.41) is 2.44. The zero-order valence-corrected chi connectivity index (χ0v) is 17.1. The van der Waals surface area contributed by atoms with Crippen LogP contribution in [0, 0.1) is 23.6 Å². The Morgan fingerprint density at radius 3 is 2.61 bits per heavy atom. The van der Waals surface area contributed by atoms with Crippen molar-refractivity contribution in [1.82, 2.24) is 0 Å². The molecule has 4 rings (SSSR count). The Balaban J connectivity index is 1.70. The van der Waals surface area contributed by atoms with Crippen molar-refractivity contribution in [2.75, 3.05) is 0 Å². The van der Waals surface area contributed by atoms with Gasteiger partial charge >= 0.3 is 6.36 Å². The van der Waals surface area contributed by atoms with E-state index in [0.717, 1.165) is 37.8 Å². The number of alkyl halides is 3. The third-order valence-corrected chi connectivity index (χ3v) is 5.84. The van der Waals surface area contributed by atoms with E-state index in [1.54, 1.807) is 0 Å². The molecule has 2 atom stereocenters. The highest BCUT2D eigenvalue weighted by molar-refractivity contribution is 5.87. The summed E-state index contributed by atoms with van der Waals surface area (Å²) in [6, 6.07) is 15.9. The molecule has 0 spiro atoms. The van der Waals surface area contributed by atoms with Crippen LogP contribution in [0.5, 0.6) is 5.75 Å². The molecule has 0 aliphatic heterocycles. The molecule has 0 fully saturated rings. The fraction of sp³-hybridized carbons (Fsp3) is 0.308. The van der Waals surface area contributed by atoms with Gasteiger partial charge in [0.2, 0.25) is 0 Å². The van der Waals surface area contributed by atoms with Crippen molar-refractivity contribution >= 4 is 10.8 Å². The van der Waals surface area contributed by atoms with Crippen LogP contribution in [0.15, 0.2) is 54.6 Å². The molecule has 0 N–H and O–H groups in total. The van der Waals surface area contributed by atoms with Crippen molar-refractivity contribution in [1.29, 1.82) is 0 Å². The number of aryl methyl sites for hydroxylation is 1. The van der Waals surface area contributed by atoms with Crippen molar-refractivity contribution in [3.05, 3.63) is 77.1 Å². The van der Waals surface area contributed by atoms with Crippen LogP contribution in [0.1, 0.15) is 48.8 Å². The number of halogens is 4. The summed E-state index contributed by atoms with van der Waals surface area (Å²) in [5.41, 5.74) is 2.84. The van der Waals surface area contributed by atoms with Gasteiger partial charge in [-0.05, 0) is 65.3 Å². The molecule has 3 aromatic rings. The SMILES string of the molecule is CCC[C@@H]1CCc2c(ccc3ccccc23)[C@H]1C#Cc1ccc(OC(F)(F)F)c(F)c1. The third kappa shape index (κ3) is 4.69. The number of rotatable bonds is 3. The Bertz CT molecular complexity index is 1150. The van der Waals surface area contributed by atoms with Gasteiger partial charge in [-0.15, -0.1) is 13.2 Å². The second-order valence-corrected chi connectivity index (χ2v) is 7.88. The average molecular weight is 426 g/mol. The van der Waals surface area contributed by atoms with E-state index >= 15 is 0 Å². The van der Waals surface area contributed by atoms with Gasteiger partial charge in [0.1, 0.15) is 0 Å². The van der Waals surface area contributed by atoms with Gasteiger partial charge in [0.05, 0.1) is 0 Å². The molecule has 5 heteroatoms. The molecule has 0 unspecified atom stereocenters. The van der Waals surface area contributed by atoms with Gasteiger partial charge in [-0.25, -0.2) is 4.39 Å². The molecule has 31 heavy (non-hydrogen) atoms. The predicted molar refractivity (Wildman–Crippen MR) is 113 cm³/mol. The Morgan fingerprint density at radius 1 is 1.06 bits per heavy atom. The highest BCUT2D eigenvalue weighted by Gasteiger charge is 2.32. The molecule has 0 aromatic heterocycles. The second-order valence-electron chi connectivity index (χ2n) is 7.88. The minimum absolute atomic E-state index is 0.00229. The molecule has 1 nitrogen and oxygen atoms in total. The molecule has 0 heterocycles. The molecule has 0 radical (unpaired) electrons. The number of hydrogen-bond donors (Lipinski definition) is 0. The van der Waals surface area contributed by atoms with Crippen molar-refractivity contribution in [3.8, 4) is 17.6 Å².